The van der Waals surface area contributed by atoms with Gasteiger partial charge in [0.15, 0.2) is 0 Å². The summed E-state index contributed by atoms with van der Waals surface area (Å²) in [5.41, 5.74) is 7.93. The van der Waals surface area contributed by atoms with Crippen molar-refractivity contribution in [2.45, 2.75) is 20.8 Å². The maximum absolute atomic E-state index is 12.0. The van der Waals surface area contributed by atoms with Crippen LogP contribution in [0, 0.1) is 6.92 Å². The van der Waals surface area contributed by atoms with E-state index < -0.39 is 0 Å². The van der Waals surface area contributed by atoms with E-state index in [2.05, 4.69) is 24.1 Å². The van der Waals surface area contributed by atoms with E-state index in [0.717, 1.165) is 25.2 Å². The van der Waals surface area contributed by atoms with E-state index in [0.29, 0.717) is 17.8 Å². The van der Waals surface area contributed by atoms with Gasteiger partial charge in [-0.05, 0) is 37.7 Å². The minimum atomic E-state index is -0.0491. The first-order chi connectivity index (χ1) is 8.58. The largest absolute Gasteiger partial charge is 0.399 e. The van der Waals surface area contributed by atoms with E-state index in [1.165, 1.54) is 0 Å². The number of carbonyl (C=O) groups is 1. The van der Waals surface area contributed by atoms with E-state index in [4.69, 9.17) is 5.73 Å². The van der Waals surface area contributed by atoms with Gasteiger partial charge in [0.05, 0.1) is 0 Å². The third-order valence-corrected chi connectivity index (χ3v) is 3.11. The third-order valence-electron chi connectivity index (χ3n) is 3.11. The molecule has 0 radical (unpaired) electrons. The van der Waals surface area contributed by atoms with Crippen LogP contribution in [0.2, 0.25) is 0 Å². The van der Waals surface area contributed by atoms with E-state index in [1.54, 1.807) is 6.07 Å². The zero-order chi connectivity index (χ0) is 13.5. The molecular weight excluding hydrogens is 226 g/mol. The number of likely N-dealkylation sites (N-methyl/N-ethyl adjacent to an activating group) is 1. The molecule has 0 unspecified atom stereocenters. The molecule has 0 aromatic heterocycles. The Bertz CT molecular complexity index is 400. The van der Waals surface area contributed by atoms with Gasteiger partial charge in [-0.15, -0.1) is 0 Å². The second kappa shape index (κ2) is 7.01. The number of anilines is 1. The van der Waals surface area contributed by atoms with Crippen molar-refractivity contribution in [3.8, 4) is 0 Å². The van der Waals surface area contributed by atoms with Gasteiger partial charge in [-0.25, -0.2) is 0 Å². The van der Waals surface area contributed by atoms with E-state index in [9.17, 15) is 4.79 Å². The molecule has 1 rings (SSSR count). The van der Waals surface area contributed by atoms with E-state index >= 15 is 0 Å². The van der Waals surface area contributed by atoms with Crippen LogP contribution in [0.5, 0.6) is 0 Å². The first-order valence-corrected chi connectivity index (χ1v) is 6.45. The number of amides is 1. The highest BCUT2D eigenvalue weighted by Gasteiger charge is 2.09. The fourth-order valence-electron chi connectivity index (χ4n) is 1.85. The lowest BCUT2D eigenvalue weighted by Crippen LogP contribution is -2.35. The van der Waals surface area contributed by atoms with Crippen molar-refractivity contribution in [1.82, 2.24) is 10.2 Å². The Hall–Kier alpha value is -1.55. The van der Waals surface area contributed by atoms with Gasteiger partial charge >= 0.3 is 0 Å². The van der Waals surface area contributed by atoms with Gasteiger partial charge in [0.2, 0.25) is 0 Å². The van der Waals surface area contributed by atoms with Crippen LogP contribution in [0.15, 0.2) is 18.2 Å². The normalized spacial score (nSPS) is 10.7. The molecule has 0 aliphatic heterocycles. The van der Waals surface area contributed by atoms with Crippen molar-refractivity contribution in [2.24, 2.45) is 0 Å². The SMILES string of the molecule is CCN(CC)CCNC(=O)c1cc(N)ccc1C. The highest BCUT2D eigenvalue weighted by Crippen LogP contribution is 2.12. The number of nitrogens with two attached hydrogens (primary N) is 1. The van der Waals surface area contributed by atoms with Crippen LogP contribution < -0.4 is 11.1 Å². The van der Waals surface area contributed by atoms with Crippen LogP contribution in [0.4, 0.5) is 5.69 Å². The molecule has 3 N–H and O–H groups in total. The average Bonchev–Trinajstić information content (AvgIpc) is 2.37. The Labute approximate surface area is 109 Å². The molecule has 1 aromatic carbocycles. The minimum absolute atomic E-state index is 0.0491. The molecule has 100 valence electrons. The number of rotatable bonds is 6. The summed E-state index contributed by atoms with van der Waals surface area (Å²) in [6.45, 7) is 9.70. The van der Waals surface area contributed by atoms with Gasteiger partial charge in [0, 0.05) is 24.3 Å². The van der Waals surface area contributed by atoms with Gasteiger partial charge in [-0.2, -0.15) is 0 Å². The van der Waals surface area contributed by atoms with Crippen LogP contribution >= 0.6 is 0 Å². The molecule has 1 aromatic rings. The standard InChI is InChI=1S/C14H23N3O/c1-4-17(5-2)9-8-16-14(18)13-10-12(15)7-6-11(13)3/h6-7,10H,4-5,8-9,15H2,1-3H3,(H,16,18). The highest BCUT2D eigenvalue weighted by molar-refractivity contribution is 5.96. The maximum Gasteiger partial charge on any atom is 0.251 e. The fourth-order valence-corrected chi connectivity index (χ4v) is 1.85. The summed E-state index contributed by atoms with van der Waals surface area (Å²) in [4.78, 5) is 14.3. The molecule has 0 saturated carbocycles. The molecule has 4 heteroatoms. The third kappa shape index (κ3) is 4.04. The molecule has 0 atom stereocenters. The molecule has 0 saturated heterocycles. The number of nitrogens with one attached hydrogen (secondary N) is 1. The lowest BCUT2D eigenvalue weighted by atomic mass is 10.1. The zero-order valence-corrected chi connectivity index (χ0v) is 11.5. The number of aryl methyl sites for hydroxylation is 1. The van der Waals surface area contributed by atoms with Gasteiger partial charge in [0.25, 0.3) is 5.91 Å². The maximum atomic E-state index is 12.0. The number of nitrogen functional groups attached to an aromatic ring is 1. The Balaban J connectivity index is 2.53. The predicted octanol–water partition coefficient (Wildman–Crippen LogP) is 1.65. The average molecular weight is 249 g/mol. The molecular formula is C14H23N3O. The van der Waals surface area contributed by atoms with Crippen molar-refractivity contribution < 1.29 is 4.79 Å². The van der Waals surface area contributed by atoms with Crippen molar-refractivity contribution in [2.75, 3.05) is 31.9 Å². The molecule has 0 aliphatic carbocycles. The first-order valence-electron chi connectivity index (χ1n) is 6.45. The molecule has 0 bridgehead atoms. The number of benzene rings is 1. The minimum Gasteiger partial charge on any atom is -0.399 e. The summed E-state index contributed by atoms with van der Waals surface area (Å²) in [5.74, 6) is -0.0491. The van der Waals surface area contributed by atoms with E-state index in [1.807, 2.05) is 19.1 Å². The monoisotopic (exact) mass is 249 g/mol. The van der Waals surface area contributed by atoms with Crippen LogP contribution in [-0.2, 0) is 0 Å². The lowest BCUT2D eigenvalue weighted by molar-refractivity contribution is 0.0948. The molecule has 18 heavy (non-hydrogen) atoms. The Morgan fingerprint density at radius 3 is 2.61 bits per heavy atom. The molecule has 0 heterocycles. The number of hydrogen-bond donors (Lipinski definition) is 2. The topological polar surface area (TPSA) is 58.4 Å². The van der Waals surface area contributed by atoms with Crippen LogP contribution in [-0.4, -0.2) is 37.0 Å². The van der Waals surface area contributed by atoms with Crippen molar-refractivity contribution >= 4 is 11.6 Å². The number of carbonyl (C=O) groups excluding carboxylic acids is 1. The number of nitrogens with zero attached hydrogens (tertiary/aromatic N) is 1. The smallest absolute Gasteiger partial charge is 0.251 e. The summed E-state index contributed by atoms with van der Waals surface area (Å²) in [5, 5.41) is 2.93. The fraction of sp³-hybridized carbons (Fsp3) is 0.500. The summed E-state index contributed by atoms with van der Waals surface area (Å²) in [7, 11) is 0. The Morgan fingerprint density at radius 2 is 2.00 bits per heavy atom. The van der Waals surface area contributed by atoms with Crippen LogP contribution in [0.3, 0.4) is 0 Å². The Kier molecular flexibility index (Phi) is 5.65. The summed E-state index contributed by atoms with van der Waals surface area (Å²) in [6.07, 6.45) is 0. The highest BCUT2D eigenvalue weighted by atomic mass is 16.1. The van der Waals surface area contributed by atoms with Crippen LogP contribution in [0.25, 0.3) is 0 Å². The van der Waals surface area contributed by atoms with Crippen molar-refractivity contribution in [1.29, 1.82) is 0 Å². The second-order valence-electron chi connectivity index (χ2n) is 4.36. The van der Waals surface area contributed by atoms with Crippen molar-refractivity contribution in [3.63, 3.8) is 0 Å². The van der Waals surface area contributed by atoms with Crippen LogP contribution in [0.1, 0.15) is 29.8 Å². The summed E-state index contributed by atoms with van der Waals surface area (Å²) < 4.78 is 0. The summed E-state index contributed by atoms with van der Waals surface area (Å²) >= 11 is 0. The molecule has 0 fully saturated rings. The second-order valence-corrected chi connectivity index (χ2v) is 4.36. The zero-order valence-electron chi connectivity index (χ0n) is 11.5. The lowest BCUT2D eigenvalue weighted by Gasteiger charge is -2.18. The molecule has 1 amide bonds. The molecule has 0 aliphatic rings. The van der Waals surface area contributed by atoms with Gasteiger partial charge < -0.3 is 16.0 Å². The van der Waals surface area contributed by atoms with Gasteiger partial charge in [-0.3, -0.25) is 4.79 Å². The predicted molar refractivity (Wildman–Crippen MR) is 75.7 cm³/mol. The Morgan fingerprint density at radius 1 is 1.33 bits per heavy atom. The summed E-state index contributed by atoms with van der Waals surface area (Å²) in [6, 6.07) is 5.40. The van der Waals surface area contributed by atoms with Crippen molar-refractivity contribution in [3.05, 3.63) is 29.3 Å². The molecule has 0 spiro atoms. The van der Waals surface area contributed by atoms with E-state index in [-0.39, 0.29) is 5.91 Å². The first kappa shape index (κ1) is 14.5. The van der Waals surface area contributed by atoms with Gasteiger partial charge in [0.1, 0.15) is 0 Å². The number of hydrogen-bond acceptors (Lipinski definition) is 3. The van der Waals surface area contributed by atoms with Gasteiger partial charge in [-0.1, -0.05) is 19.9 Å². The molecule has 4 nitrogen and oxygen atoms in total. The quantitative estimate of drug-likeness (QED) is 0.754.